The quantitative estimate of drug-likeness (QED) is 0.876. The van der Waals surface area contributed by atoms with E-state index < -0.39 is 11.7 Å². The number of amides is 2. The molecule has 0 radical (unpaired) electrons. The molecule has 0 saturated heterocycles. The summed E-state index contributed by atoms with van der Waals surface area (Å²) < 4.78 is 5.12. The van der Waals surface area contributed by atoms with Gasteiger partial charge < -0.3 is 10.1 Å². The normalized spacial score (nSPS) is 11.0. The number of nitrogens with one attached hydrogen (secondary N) is 1. The molecule has 9 heteroatoms. The van der Waals surface area contributed by atoms with Crippen LogP contribution in [0.15, 0.2) is 24.5 Å². The van der Waals surface area contributed by atoms with Crippen molar-refractivity contribution in [3.63, 3.8) is 0 Å². The van der Waals surface area contributed by atoms with Crippen LogP contribution in [-0.2, 0) is 9.53 Å². The number of aromatic nitrogens is 3. The molecule has 0 saturated carbocycles. The van der Waals surface area contributed by atoms with Crippen LogP contribution in [0.25, 0.3) is 10.6 Å². The van der Waals surface area contributed by atoms with Crippen molar-refractivity contribution in [1.82, 2.24) is 20.5 Å². The minimum Gasteiger partial charge on any atom is -0.444 e. The number of pyridine rings is 1. The van der Waals surface area contributed by atoms with Crippen molar-refractivity contribution in [3.05, 3.63) is 24.5 Å². The maximum atomic E-state index is 12.2. The first-order valence-electron chi connectivity index (χ1n) is 7.73. The Bertz CT molecular complexity index is 727. The SMILES string of the molecule is CN(C(=O)CCNC(=O)OC(C)(C)C)c1nnc(-c2cccnc2)s1. The molecule has 0 atom stereocenters. The molecule has 0 fully saturated rings. The Hall–Kier alpha value is -2.55. The van der Waals surface area contributed by atoms with E-state index in [9.17, 15) is 9.59 Å². The maximum absolute atomic E-state index is 12.2. The third-order valence-electron chi connectivity index (χ3n) is 2.99. The lowest BCUT2D eigenvalue weighted by Gasteiger charge is -2.20. The Labute approximate surface area is 150 Å². The lowest BCUT2D eigenvalue weighted by atomic mass is 10.2. The Balaban J connectivity index is 1.86. The topological polar surface area (TPSA) is 97.3 Å². The summed E-state index contributed by atoms with van der Waals surface area (Å²) in [4.78, 5) is 29.2. The summed E-state index contributed by atoms with van der Waals surface area (Å²) in [6.45, 7) is 5.52. The Kier molecular flexibility index (Phi) is 6.02. The van der Waals surface area contributed by atoms with Crippen LogP contribution in [-0.4, -0.2) is 46.4 Å². The molecule has 8 nitrogen and oxygen atoms in total. The second kappa shape index (κ2) is 8.02. The van der Waals surface area contributed by atoms with Gasteiger partial charge >= 0.3 is 6.09 Å². The number of nitrogens with zero attached hydrogens (tertiary/aromatic N) is 4. The van der Waals surface area contributed by atoms with E-state index in [-0.39, 0.29) is 18.9 Å². The van der Waals surface area contributed by atoms with Gasteiger partial charge in [0.1, 0.15) is 5.60 Å². The van der Waals surface area contributed by atoms with Gasteiger partial charge in [-0.05, 0) is 32.9 Å². The second-order valence-electron chi connectivity index (χ2n) is 6.26. The zero-order valence-corrected chi connectivity index (χ0v) is 15.5. The predicted molar refractivity (Wildman–Crippen MR) is 95.4 cm³/mol. The van der Waals surface area contributed by atoms with Crippen LogP contribution < -0.4 is 10.2 Å². The summed E-state index contributed by atoms with van der Waals surface area (Å²) in [7, 11) is 1.63. The van der Waals surface area contributed by atoms with Crippen LogP contribution in [0.2, 0.25) is 0 Å². The molecule has 0 unspecified atom stereocenters. The number of anilines is 1. The molecule has 0 aliphatic rings. The number of hydrogen-bond acceptors (Lipinski definition) is 7. The van der Waals surface area contributed by atoms with Gasteiger partial charge in [0.15, 0.2) is 5.01 Å². The highest BCUT2D eigenvalue weighted by atomic mass is 32.1. The van der Waals surface area contributed by atoms with Crippen molar-refractivity contribution in [3.8, 4) is 10.6 Å². The monoisotopic (exact) mass is 363 g/mol. The number of rotatable bonds is 5. The third kappa shape index (κ3) is 5.79. The number of ether oxygens (including phenoxy) is 1. The molecule has 1 N–H and O–H groups in total. The van der Waals surface area contributed by atoms with Crippen molar-refractivity contribution in [2.24, 2.45) is 0 Å². The van der Waals surface area contributed by atoms with E-state index in [1.54, 1.807) is 40.2 Å². The van der Waals surface area contributed by atoms with E-state index in [0.29, 0.717) is 10.1 Å². The average Bonchev–Trinajstić information content (AvgIpc) is 3.03. The minimum absolute atomic E-state index is 0.136. The molecule has 0 spiro atoms. The molecule has 0 bridgehead atoms. The van der Waals surface area contributed by atoms with Crippen molar-refractivity contribution in [2.75, 3.05) is 18.5 Å². The van der Waals surface area contributed by atoms with E-state index in [1.807, 2.05) is 12.1 Å². The Morgan fingerprint density at radius 2 is 2.08 bits per heavy atom. The molecule has 134 valence electrons. The van der Waals surface area contributed by atoms with E-state index in [4.69, 9.17) is 4.74 Å². The molecule has 2 amide bonds. The van der Waals surface area contributed by atoms with E-state index in [1.165, 1.54) is 16.2 Å². The lowest BCUT2D eigenvalue weighted by molar-refractivity contribution is -0.118. The summed E-state index contributed by atoms with van der Waals surface area (Å²) in [5, 5.41) is 11.9. The van der Waals surface area contributed by atoms with Crippen molar-refractivity contribution in [1.29, 1.82) is 0 Å². The van der Waals surface area contributed by atoms with Gasteiger partial charge in [-0.25, -0.2) is 4.79 Å². The van der Waals surface area contributed by atoms with Crippen LogP contribution in [0.1, 0.15) is 27.2 Å². The van der Waals surface area contributed by atoms with Crippen LogP contribution >= 0.6 is 11.3 Å². The maximum Gasteiger partial charge on any atom is 0.407 e. The van der Waals surface area contributed by atoms with Crippen molar-refractivity contribution < 1.29 is 14.3 Å². The van der Waals surface area contributed by atoms with Gasteiger partial charge in [0, 0.05) is 38.0 Å². The molecular formula is C16H21N5O3S. The number of carbonyl (C=O) groups is 2. The molecule has 0 aliphatic heterocycles. The smallest absolute Gasteiger partial charge is 0.407 e. The third-order valence-corrected chi connectivity index (χ3v) is 4.04. The summed E-state index contributed by atoms with van der Waals surface area (Å²) in [6.07, 6.45) is 2.96. The first-order valence-corrected chi connectivity index (χ1v) is 8.55. The van der Waals surface area contributed by atoms with E-state index in [2.05, 4.69) is 20.5 Å². The zero-order chi connectivity index (χ0) is 18.4. The Morgan fingerprint density at radius 3 is 2.72 bits per heavy atom. The fraction of sp³-hybridized carbons (Fsp3) is 0.438. The van der Waals surface area contributed by atoms with Gasteiger partial charge in [-0.2, -0.15) is 0 Å². The number of hydrogen-bond donors (Lipinski definition) is 1. The fourth-order valence-electron chi connectivity index (χ4n) is 1.82. The van der Waals surface area contributed by atoms with Crippen LogP contribution in [0.3, 0.4) is 0 Å². The molecule has 2 rings (SSSR count). The first-order chi connectivity index (χ1) is 11.8. The Morgan fingerprint density at radius 1 is 1.32 bits per heavy atom. The summed E-state index contributed by atoms with van der Waals surface area (Å²) in [6, 6.07) is 3.69. The molecule has 0 aliphatic carbocycles. The van der Waals surface area contributed by atoms with Gasteiger partial charge in [0.05, 0.1) is 0 Å². The van der Waals surface area contributed by atoms with Crippen molar-refractivity contribution in [2.45, 2.75) is 32.8 Å². The standard InChI is InChI=1S/C16H21N5O3S/c1-16(2,3)24-15(23)18-9-7-12(22)21(4)14-20-19-13(25-14)11-6-5-8-17-10-11/h5-6,8,10H,7,9H2,1-4H3,(H,18,23). The van der Waals surface area contributed by atoms with Crippen LogP contribution in [0.4, 0.5) is 9.93 Å². The van der Waals surface area contributed by atoms with E-state index >= 15 is 0 Å². The predicted octanol–water partition coefficient (Wildman–Crippen LogP) is 2.48. The lowest BCUT2D eigenvalue weighted by Crippen LogP contribution is -2.35. The van der Waals surface area contributed by atoms with Crippen LogP contribution in [0, 0.1) is 0 Å². The largest absolute Gasteiger partial charge is 0.444 e. The highest BCUT2D eigenvalue weighted by molar-refractivity contribution is 7.18. The highest BCUT2D eigenvalue weighted by Crippen LogP contribution is 2.27. The van der Waals surface area contributed by atoms with Gasteiger partial charge in [0.25, 0.3) is 0 Å². The number of alkyl carbamates (subject to hydrolysis) is 1. The molecule has 0 aromatic carbocycles. The van der Waals surface area contributed by atoms with Crippen LogP contribution in [0.5, 0.6) is 0 Å². The molecule has 2 aromatic rings. The van der Waals surface area contributed by atoms with Gasteiger partial charge in [0.2, 0.25) is 11.0 Å². The van der Waals surface area contributed by atoms with Gasteiger partial charge in [-0.3, -0.25) is 14.7 Å². The zero-order valence-electron chi connectivity index (χ0n) is 14.6. The van der Waals surface area contributed by atoms with Crippen molar-refractivity contribution >= 4 is 28.5 Å². The summed E-state index contributed by atoms with van der Waals surface area (Å²) in [5.74, 6) is -0.176. The van der Waals surface area contributed by atoms with Gasteiger partial charge in [-0.1, -0.05) is 11.3 Å². The average molecular weight is 363 g/mol. The molecular weight excluding hydrogens is 342 g/mol. The molecule has 2 aromatic heterocycles. The van der Waals surface area contributed by atoms with E-state index in [0.717, 1.165) is 5.56 Å². The molecule has 2 heterocycles. The highest BCUT2D eigenvalue weighted by Gasteiger charge is 2.18. The first kappa shape index (κ1) is 18.8. The minimum atomic E-state index is -0.569. The summed E-state index contributed by atoms with van der Waals surface area (Å²) >= 11 is 1.30. The summed E-state index contributed by atoms with van der Waals surface area (Å²) in [5.41, 5.74) is 0.277. The molecule has 25 heavy (non-hydrogen) atoms. The second-order valence-corrected chi connectivity index (χ2v) is 7.22. The number of carbonyl (C=O) groups excluding carboxylic acids is 2. The van der Waals surface area contributed by atoms with Gasteiger partial charge in [-0.15, -0.1) is 10.2 Å². The fourth-order valence-corrected chi connectivity index (χ4v) is 2.63.